The normalized spacial score (nSPS) is 16.9. The highest BCUT2D eigenvalue weighted by atomic mass is 35.5. The molecule has 3 aromatic carbocycles. The van der Waals surface area contributed by atoms with Crippen LogP contribution in [0.15, 0.2) is 76.8 Å². The van der Waals surface area contributed by atoms with Gasteiger partial charge in [0.25, 0.3) is 5.91 Å². The van der Waals surface area contributed by atoms with E-state index in [0.717, 1.165) is 0 Å². The topological polar surface area (TPSA) is 66.3 Å². The van der Waals surface area contributed by atoms with Crippen molar-refractivity contribution in [2.24, 2.45) is 10.1 Å². The first kappa shape index (κ1) is 21.5. The molecule has 9 heteroatoms. The molecule has 1 unspecified atom stereocenters. The number of amidine groups is 1. The van der Waals surface area contributed by atoms with E-state index in [9.17, 15) is 9.18 Å². The minimum atomic E-state index is -0.668. The first-order valence-electron chi connectivity index (χ1n) is 10.1. The van der Waals surface area contributed by atoms with E-state index in [2.05, 4.69) is 10.4 Å². The van der Waals surface area contributed by atoms with Gasteiger partial charge in [-0.1, -0.05) is 59.8 Å². The van der Waals surface area contributed by atoms with Gasteiger partial charge in [-0.25, -0.2) is 9.40 Å². The summed E-state index contributed by atoms with van der Waals surface area (Å²) in [6.07, 6.45) is -0.668. The molecule has 0 aromatic heterocycles. The Bertz CT molecular complexity index is 1410. The average Bonchev–Trinajstić information content (AvgIpc) is 2.83. The van der Waals surface area contributed by atoms with Gasteiger partial charge in [-0.15, -0.1) is 5.10 Å². The molecule has 166 valence electrons. The second kappa shape index (κ2) is 8.88. The molecule has 0 saturated carbocycles. The number of rotatable bonds is 4. The number of carbonyl (C=O) groups is 1. The molecule has 1 N–H and O–H groups in total. The summed E-state index contributed by atoms with van der Waals surface area (Å²) in [7, 11) is 1.57. The summed E-state index contributed by atoms with van der Waals surface area (Å²) < 4.78 is 19.6. The van der Waals surface area contributed by atoms with Gasteiger partial charge in [0.05, 0.1) is 12.5 Å². The summed E-state index contributed by atoms with van der Waals surface area (Å²) in [5, 5.41) is 11.3. The Hall–Kier alpha value is -3.36. The Balaban J connectivity index is 1.61. The van der Waals surface area contributed by atoms with E-state index in [1.807, 2.05) is 24.3 Å². The van der Waals surface area contributed by atoms with Crippen LogP contribution in [-0.2, 0) is 10.5 Å². The first-order chi connectivity index (χ1) is 16.0. The van der Waals surface area contributed by atoms with Crippen LogP contribution in [0.1, 0.15) is 17.3 Å². The van der Waals surface area contributed by atoms with Crippen molar-refractivity contribution in [2.75, 3.05) is 7.11 Å². The van der Waals surface area contributed by atoms with E-state index < -0.39 is 6.17 Å². The fourth-order valence-electron chi connectivity index (χ4n) is 3.76. The number of hydrogen-bond donors (Lipinski definition) is 1. The maximum absolute atomic E-state index is 14.1. The SMILES string of the molecule is COc1ccc(Cl)cc1C1N=c2ccccc2=C2C(=O)NC(SCc3ccccc3F)=NN21. The number of ether oxygens (including phenoxy) is 1. The minimum absolute atomic E-state index is 0.302. The quantitative estimate of drug-likeness (QED) is 0.620. The number of para-hydroxylation sites is 1. The Kier molecular flexibility index (Phi) is 5.78. The number of fused-ring (bicyclic) bond motifs is 2. The molecule has 0 saturated heterocycles. The third-order valence-corrected chi connectivity index (χ3v) is 6.46. The highest BCUT2D eigenvalue weighted by Crippen LogP contribution is 2.37. The molecule has 5 rings (SSSR count). The molecule has 0 aliphatic carbocycles. The Morgan fingerprint density at radius 1 is 1.15 bits per heavy atom. The van der Waals surface area contributed by atoms with Gasteiger partial charge in [0, 0.05) is 21.6 Å². The van der Waals surface area contributed by atoms with Gasteiger partial charge in [0.1, 0.15) is 17.3 Å². The fraction of sp³-hybridized carbons (Fsp3) is 0.125. The summed E-state index contributed by atoms with van der Waals surface area (Å²) >= 11 is 7.52. The standard InChI is InChI=1S/C24H18ClFN4O2S/c1-32-20-11-10-15(25)12-17(20)22-27-19-9-5-3-7-16(19)21-23(31)28-24(29-30(21)22)33-13-14-6-2-4-8-18(14)26/h2-12,22H,13H2,1H3,(H,28,29,31). The van der Waals surface area contributed by atoms with Crippen molar-refractivity contribution < 1.29 is 13.9 Å². The highest BCUT2D eigenvalue weighted by Gasteiger charge is 2.35. The predicted molar refractivity (Wildman–Crippen MR) is 126 cm³/mol. The number of halogens is 2. The lowest BCUT2D eigenvalue weighted by Crippen LogP contribution is -2.50. The summed E-state index contributed by atoms with van der Waals surface area (Å²) in [4.78, 5) is 18.1. The third kappa shape index (κ3) is 4.07. The number of nitrogens with zero attached hydrogens (tertiary/aromatic N) is 3. The van der Waals surface area contributed by atoms with Crippen LogP contribution in [0.4, 0.5) is 4.39 Å². The van der Waals surface area contributed by atoms with Crippen LogP contribution in [0.5, 0.6) is 5.75 Å². The maximum atomic E-state index is 14.1. The van der Waals surface area contributed by atoms with Gasteiger partial charge in [0.2, 0.25) is 0 Å². The van der Waals surface area contributed by atoms with E-state index in [1.165, 1.54) is 17.8 Å². The third-order valence-electron chi connectivity index (χ3n) is 5.31. The molecule has 0 spiro atoms. The highest BCUT2D eigenvalue weighted by molar-refractivity contribution is 8.13. The molecule has 0 radical (unpaired) electrons. The molecule has 1 amide bonds. The van der Waals surface area contributed by atoms with Gasteiger partial charge in [0.15, 0.2) is 11.3 Å². The number of methoxy groups -OCH3 is 1. The number of nitrogens with one attached hydrogen (secondary N) is 1. The smallest absolute Gasteiger partial charge is 0.276 e. The Labute approximate surface area is 198 Å². The molecule has 33 heavy (non-hydrogen) atoms. The van der Waals surface area contributed by atoms with Gasteiger partial charge in [-0.3, -0.25) is 15.1 Å². The van der Waals surface area contributed by atoms with Gasteiger partial charge in [-0.05, 0) is 35.9 Å². The van der Waals surface area contributed by atoms with Crippen LogP contribution in [0.25, 0.3) is 5.70 Å². The average molecular weight is 481 g/mol. The van der Waals surface area contributed by atoms with Gasteiger partial charge in [-0.2, -0.15) is 0 Å². The molecular formula is C24H18ClFN4O2S. The zero-order valence-corrected chi connectivity index (χ0v) is 19.0. The minimum Gasteiger partial charge on any atom is -0.496 e. The molecule has 2 heterocycles. The Morgan fingerprint density at radius 3 is 2.76 bits per heavy atom. The van der Waals surface area contributed by atoms with Crippen LogP contribution < -0.4 is 20.6 Å². The molecule has 1 atom stereocenters. The van der Waals surface area contributed by atoms with Crippen molar-refractivity contribution in [1.82, 2.24) is 10.3 Å². The number of carbonyl (C=O) groups excluding carboxylic acids is 1. The van der Waals surface area contributed by atoms with E-state index >= 15 is 0 Å². The van der Waals surface area contributed by atoms with Crippen LogP contribution in [-0.4, -0.2) is 23.2 Å². The fourth-order valence-corrected chi connectivity index (χ4v) is 4.78. The Morgan fingerprint density at radius 2 is 1.94 bits per heavy atom. The van der Waals surface area contributed by atoms with Crippen molar-refractivity contribution in [3.05, 3.63) is 99.3 Å². The second-order valence-electron chi connectivity index (χ2n) is 7.34. The molecule has 0 bridgehead atoms. The van der Waals surface area contributed by atoms with Crippen molar-refractivity contribution in [3.63, 3.8) is 0 Å². The number of hydrazone groups is 1. The zero-order chi connectivity index (χ0) is 22.9. The predicted octanol–water partition coefficient (Wildman–Crippen LogP) is 3.56. The summed E-state index contributed by atoms with van der Waals surface area (Å²) in [5.74, 6) is 0.278. The van der Waals surface area contributed by atoms with E-state index in [4.69, 9.17) is 21.3 Å². The van der Waals surface area contributed by atoms with Crippen molar-refractivity contribution in [1.29, 1.82) is 0 Å². The molecular weight excluding hydrogens is 463 g/mol. The summed E-state index contributed by atoms with van der Waals surface area (Å²) in [6, 6.07) is 19.2. The van der Waals surface area contributed by atoms with Gasteiger partial charge < -0.3 is 4.74 Å². The van der Waals surface area contributed by atoms with E-state index in [1.54, 1.807) is 48.5 Å². The largest absolute Gasteiger partial charge is 0.496 e. The second-order valence-corrected chi connectivity index (χ2v) is 8.74. The molecule has 0 fully saturated rings. The lowest BCUT2D eigenvalue weighted by molar-refractivity contribution is -0.116. The first-order valence-corrected chi connectivity index (χ1v) is 11.5. The number of thioether (sulfide) groups is 1. The van der Waals surface area contributed by atoms with Crippen molar-refractivity contribution in [2.45, 2.75) is 11.9 Å². The van der Waals surface area contributed by atoms with Crippen LogP contribution in [0, 0.1) is 5.82 Å². The molecule has 3 aromatic rings. The van der Waals surface area contributed by atoms with Crippen molar-refractivity contribution >= 4 is 40.1 Å². The molecule has 2 aliphatic heterocycles. The monoisotopic (exact) mass is 480 g/mol. The number of amides is 1. The molecule has 2 aliphatic rings. The molecule has 6 nitrogen and oxygen atoms in total. The number of benzene rings is 3. The van der Waals surface area contributed by atoms with E-state index in [-0.39, 0.29) is 11.7 Å². The number of hydrogen-bond acceptors (Lipinski definition) is 6. The van der Waals surface area contributed by atoms with Crippen LogP contribution in [0.3, 0.4) is 0 Å². The lowest BCUT2D eigenvalue weighted by Gasteiger charge is -2.34. The lowest BCUT2D eigenvalue weighted by atomic mass is 10.1. The van der Waals surface area contributed by atoms with Crippen LogP contribution >= 0.6 is 23.4 Å². The maximum Gasteiger partial charge on any atom is 0.276 e. The summed E-state index contributed by atoms with van der Waals surface area (Å²) in [6.45, 7) is 0. The summed E-state index contributed by atoms with van der Waals surface area (Å²) in [5.41, 5.74) is 1.58. The zero-order valence-electron chi connectivity index (χ0n) is 17.5. The van der Waals surface area contributed by atoms with Crippen LogP contribution in [0.2, 0.25) is 5.02 Å². The van der Waals surface area contributed by atoms with E-state index in [0.29, 0.717) is 49.1 Å². The van der Waals surface area contributed by atoms with Crippen molar-refractivity contribution in [3.8, 4) is 5.75 Å². The van der Waals surface area contributed by atoms with Gasteiger partial charge >= 0.3 is 0 Å².